The Morgan fingerprint density at radius 3 is 2.88 bits per heavy atom. The Morgan fingerprint density at radius 1 is 1.44 bits per heavy atom. The minimum absolute atomic E-state index is 0.465. The topological polar surface area (TPSA) is 12.5 Å². The zero-order chi connectivity index (χ0) is 11.5. The van der Waals surface area contributed by atoms with Gasteiger partial charge in [-0.3, -0.25) is 0 Å². The van der Waals surface area contributed by atoms with Gasteiger partial charge >= 0.3 is 0 Å². The molecule has 0 bridgehead atoms. The number of hydrogen-bond donors (Lipinski definition) is 0. The van der Waals surface area contributed by atoms with E-state index in [0.717, 1.165) is 12.2 Å². The van der Waals surface area contributed by atoms with Crippen molar-refractivity contribution < 1.29 is 4.74 Å². The fourth-order valence-electron chi connectivity index (χ4n) is 2.04. The highest BCUT2D eigenvalue weighted by Crippen LogP contribution is 2.32. The van der Waals surface area contributed by atoms with Gasteiger partial charge in [0.05, 0.1) is 13.2 Å². The smallest absolute Gasteiger partial charge is 0.120 e. The Labute approximate surface area is 105 Å². The number of anilines is 1. The SMILES string of the molecule is COc1cccc(N(C)[C@@H]2CCC=C2Br)c1. The van der Waals surface area contributed by atoms with Crippen molar-refractivity contribution in [1.29, 1.82) is 0 Å². The van der Waals surface area contributed by atoms with Crippen molar-refractivity contribution in [2.45, 2.75) is 18.9 Å². The van der Waals surface area contributed by atoms with Gasteiger partial charge in [-0.1, -0.05) is 28.1 Å². The summed E-state index contributed by atoms with van der Waals surface area (Å²) >= 11 is 3.63. The third-order valence-corrected chi connectivity index (χ3v) is 3.88. The number of likely N-dealkylation sites (N-methyl/N-ethyl adjacent to an activating group) is 1. The summed E-state index contributed by atoms with van der Waals surface area (Å²) in [5, 5.41) is 0. The first-order chi connectivity index (χ1) is 7.72. The van der Waals surface area contributed by atoms with Crippen molar-refractivity contribution in [2.24, 2.45) is 0 Å². The molecule has 0 fully saturated rings. The van der Waals surface area contributed by atoms with Crippen LogP contribution in [-0.2, 0) is 0 Å². The van der Waals surface area contributed by atoms with E-state index >= 15 is 0 Å². The summed E-state index contributed by atoms with van der Waals surface area (Å²) in [7, 11) is 3.82. The molecule has 0 aliphatic heterocycles. The molecule has 1 aliphatic carbocycles. The maximum atomic E-state index is 5.24. The van der Waals surface area contributed by atoms with E-state index in [1.807, 2.05) is 12.1 Å². The quantitative estimate of drug-likeness (QED) is 0.840. The standard InChI is InChI=1S/C13H16BrNO/c1-15(13-8-4-7-12(13)14)10-5-3-6-11(9-10)16-2/h3,5-7,9,13H,4,8H2,1-2H3/t13-/m1/s1. The summed E-state index contributed by atoms with van der Waals surface area (Å²) in [6.07, 6.45) is 4.58. The molecular weight excluding hydrogens is 266 g/mol. The highest BCUT2D eigenvalue weighted by atomic mass is 79.9. The fraction of sp³-hybridized carbons (Fsp3) is 0.385. The lowest BCUT2D eigenvalue weighted by Gasteiger charge is -2.27. The molecule has 86 valence electrons. The molecule has 1 aromatic rings. The van der Waals surface area contributed by atoms with Crippen LogP contribution in [0.5, 0.6) is 5.75 Å². The van der Waals surface area contributed by atoms with Crippen LogP contribution in [0.4, 0.5) is 5.69 Å². The van der Waals surface area contributed by atoms with E-state index in [9.17, 15) is 0 Å². The number of hydrogen-bond acceptors (Lipinski definition) is 2. The largest absolute Gasteiger partial charge is 0.497 e. The number of allylic oxidation sites excluding steroid dienone is 1. The van der Waals surface area contributed by atoms with Gasteiger partial charge in [-0.25, -0.2) is 0 Å². The third-order valence-electron chi connectivity index (χ3n) is 3.03. The number of ether oxygens (including phenoxy) is 1. The van der Waals surface area contributed by atoms with Gasteiger partial charge < -0.3 is 9.64 Å². The predicted octanol–water partition coefficient (Wildman–Crippen LogP) is 3.57. The lowest BCUT2D eigenvalue weighted by molar-refractivity contribution is 0.414. The molecule has 1 aromatic carbocycles. The van der Waals surface area contributed by atoms with E-state index < -0.39 is 0 Å². The minimum atomic E-state index is 0.465. The van der Waals surface area contributed by atoms with Gasteiger partial charge in [0.1, 0.15) is 5.75 Å². The van der Waals surface area contributed by atoms with Crippen LogP contribution in [0.2, 0.25) is 0 Å². The van der Waals surface area contributed by atoms with Crippen molar-refractivity contribution in [3.63, 3.8) is 0 Å². The average Bonchev–Trinajstić information content (AvgIpc) is 2.74. The Kier molecular flexibility index (Phi) is 3.54. The van der Waals surface area contributed by atoms with Crippen molar-refractivity contribution >= 4 is 21.6 Å². The zero-order valence-corrected chi connectivity index (χ0v) is 11.2. The van der Waals surface area contributed by atoms with Crippen LogP contribution in [0, 0.1) is 0 Å². The molecule has 2 nitrogen and oxygen atoms in total. The first-order valence-corrected chi connectivity index (χ1v) is 6.24. The Hall–Kier alpha value is -0.960. The average molecular weight is 282 g/mol. The fourth-order valence-corrected chi connectivity index (χ4v) is 2.81. The Bertz CT molecular complexity index is 403. The molecule has 2 rings (SSSR count). The summed E-state index contributed by atoms with van der Waals surface area (Å²) in [4.78, 5) is 2.29. The molecule has 0 amide bonds. The van der Waals surface area contributed by atoms with Gasteiger partial charge in [0.25, 0.3) is 0 Å². The minimum Gasteiger partial charge on any atom is -0.497 e. The predicted molar refractivity (Wildman–Crippen MR) is 71.4 cm³/mol. The van der Waals surface area contributed by atoms with Crippen LogP contribution in [0.3, 0.4) is 0 Å². The number of rotatable bonds is 3. The molecule has 0 aromatic heterocycles. The Balaban J connectivity index is 2.20. The third kappa shape index (κ3) is 2.24. The van der Waals surface area contributed by atoms with Gasteiger partial charge in [-0.15, -0.1) is 0 Å². The molecule has 0 saturated heterocycles. The maximum absolute atomic E-state index is 5.24. The second kappa shape index (κ2) is 4.91. The van der Waals surface area contributed by atoms with E-state index in [0.29, 0.717) is 6.04 Å². The second-order valence-electron chi connectivity index (χ2n) is 3.99. The number of methoxy groups -OCH3 is 1. The van der Waals surface area contributed by atoms with Crippen molar-refractivity contribution in [3.8, 4) is 5.75 Å². The van der Waals surface area contributed by atoms with Gasteiger partial charge in [0.2, 0.25) is 0 Å². The van der Waals surface area contributed by atoms with Crippen LogP contribution >= 0.6 is 15.9 Å². The highest BCUT2D eigenvalue weighted by molar-refractivity contribution is 9.11. The maximum Gasteiger partial charge on any atom is 0.120 e. The molecule has 3 heteroatoms. The molecule has 0 heterocycles. The van der Waals surface area contributed by atoms with Crippen LogP contribution in [0.1, 0.15) is 12.8 Å². The van der Waals surface area contributed by atoms with Crippen LogP contribution in [0.25, 0.3) is 0 Å². The molecular formula is C13H16BrNO. The molecule has 0 N–H and O–H groups in total. The molecule has 1 atom stereocenters. The van der Waals surface area contributed by atoms with Gasteiger partial charge in [-0.2, -0.15) is 0 Å². The van der Waals surface area contributed by atoms with Crippen molar-refractivity contribution in [1.82, 2.24) is 0 Å². The Morgan fingerprint density at radius 2 is 2.25 bits per heavy atom. The van der Waals surface area contributed by atoms with E-state index in [1.54, 1.807) is 7.11 Å². The van der Waals surface area contributed by atoms with Gasteiger partial charge in [0.15, 0.2) is 0 Å². The lowest BCUT2D eigenvalue weighted by atomic mass is 10.2. The number of halogens is 1. The molecule has 1 aliphatic rings. The second-order valence-corrected chi connectivity index (χ2v) is 4.91. The zero-order valence-electron chi connectivity index (χ0n) is 9.61. The number of benzene rings is 1. The van der Waals surface area contributed by atoms with Gasteiger partial charge in [-0.05, 0) is 25.0 Å². The number of nitrogens with zero attached hydrogens (tertiary/aromatic N) is 1. The van der Waals surface area contributed by atoms with Crippen LogP contribution in [-0.4, -0.2) is 20.2 Å². The normalized spacial score (nSPS) is 19.4. The summed E-state index contributed by atoms with van der Waals surface area (Å²) in [6.45, 7) is 0. The summed E-state index contributed by atoms with van der Waals surface area (Å²) < 4.78 is 6.53. The van der Waals surface area contributed by atoms with E-state index in [-0.39, 0.29) is 0 Å². The molecule has 0 spiro atoms. The summed E-state index contributed by atoms with van der Waals surface area (Å²) in [5.74, 6) is 0.905. The van der Waals surface area contributed by atoms with E-state index in [2.05, 4.69) is 46.1 Å². The van der Waals surface area contributed by atoms with Crippen LogP contribution < -0.4 is 9.64 Å². The van der Waals surface area contributed by atoms with E-state index in [4.69, 9.17) is 4.74 Å². The van der Waals surface area contributed by atoms with E-state index in [1.165, 1.54) is 16.6 Å². The molecule has 0 unspecified atom stereocenters. The van der Waals surface area contributed by atoms with Crippen molar-refractivity contribution in [3.05, 3.63) is 34.8 Å². The van der Waals surface area contributed by atoms with Crippen LogP contribution in [0.15, 0.2) is 34.8 Å². The lowest BCUT2D eigenvalue weighted by Crippen LogP contribution is -2.29. The molecule has 0 saturated carbocycles. The molecule has 16 heavy (non-hydrogen) atoms. The first kappa shape index (κ1) is 11.5. The van der Waals surface area contributed by atoms with Crippen molar-refractivity contribution in [2.75, 3.05) is 19.1 Å². The summed E-state index contributed by atoms with van der Waals surface area (Å²) in [6, 6.07) is 8.64. The molecule has 0 radical (unpaired) electrons. The highest BCUT2D eigenvalue weighted by Gasteiger charge is 2.21. The first-order valence-electron chi connectivity index (χ1n) is 5.45. The van der Waals surface area contributed by atoms with Gasteiger partial charge in [0, 0.05) is 23.3 Å². The summed E-state index contributed by atoms with van der Waals surface area (Å²) in [5.41, 5.74) is 1.19. The monoisotopic (exact) mass is 281 g/mol.